The first-order valence-electron chi connectivity index (χ1n) is 7.12. The molecule has 3 nitrogen and oxygen atoms in total. The molecule has 3 heteroatoms. The van der Waals surface area contributed by atoms with Gasteiger partial charge < -0.3 is 5.73 Å². The van der Waals surface area contributed by atoms with E-state index in [0.29, 0.717) is 18.6 Å². The molecule has 1 fully saturated rings. The summed E-state index contributed by atoms with van der Waals surface area (Å²) in [5, 5.41) is 9.54. The lowest BCUT2D eigenvalue weighted by Crippen LogP contribution is -2.50. The summed E-state index contributed by atoms with van der Waals surface area (Å²) in [7, 11) is 0. The van der Waals surface area contributed by atoms with E-state index >= 15 is 0 Å². The Labute approximate surface area is 116 Å². The summed E-state index contributed by atoms with van der Waals surface area (Å²) in [6.45, 7) is 5.06. The van der Waals surface area contributed by atoms with Crippen LogP contribution >= 0.6 is 0 Å². The number of rotatable bonds is 4. The first-order valence-corrected chi connectivity index (χ1v) is 7.12. The van der Waals surface area contributed by atoms with Crippen LogP contribution < -0.4 is 5.73 Å². The summed E-state index contributed by atoms with van der Waals surface area (Å²) in [4.78, 5) is 2.41. The highest BCUT2D eigenvalue weighted by atomic mass is 15.2. The number of nitriles is 1. The predicted octanol–water partition coefficient (Wildman–Crippen LogP) is 2.63. The van der Waals surface area contributed by atoms with E-state index in [1.54, 1.807) is 0 Å². The lowest BCUT2D eigenvalue weighted by Gasteiger charge is -2.34. The maximum atomic E-state index is 9.54. The van der Waals surface area contributed by atoms with Gasteiger partial charge in [-0.05, 0) is 31.7 Å². The van der Waals surface area contributed by atoms with Crippen molar-refractivity contribution in [1.82, 2.24) is 4.90 Å². The lowest BCUT2D eigenvalue weighted by molar-refractivity contribution is 0.169. The summed E-state index contributed by atoms with van der Waals surface area (Å²) in [5.74, 6) is 0. The van der Waals surface area contributed by atoms with Crippen LogP contribution in [0.25, 0.3) is 0 Å². The molecule has 3 unspecified atom stereocenters. The van der Waals surface area contributed by atoms with E-state index in [9.17, 15) is 5.26 Å². The van der Waals surface area contributed by atoms with Gasteiger partial charge in [0.15, 0.2) is 0 Å². The van der Waals surface area contributed by atoms with Crippen LogP contribution in [0.2, 0.25) is 0 Å². The Hall–Kier alpha value is -1.37. The van der Waals surface area contributed by atoms with Gasteiger partial charge in [-0.15, -0.1) is 0 Å². The van der Waals surface area contributed by atoms with Gasteiger partial charge in [0.2, 0.25) is 0 Å². The molecule has 0 radical (unpaired) electrons. The van der Waals surface area contributed by atoms with Crippen molar-refractivity contribution >= 4 is 0 Å². The van der Waals surface area contributed by atoms with Gasteiger partial charge in [-0.25, -0.2) is 0 Å². The fourth-order valence-electron chi connectivity index (χ4n) is 3.06. The van der Waals surface area contributed by atoms with E-state index in [1.165, 1.54) is 12.8 Å². The normalized spacial score (nSPS) is 26.8. The lowest BCUT2D eigenvalue weighted by atomic mass is 9.91. The van der Waals surface area contributed by atoms with Gasteiger partial charge in [0, 0.05) is 18.6 Å². The van der Waals surface area contributed by atoms with Gasteiger partial charge in [0.1, 0.15) is 5.54 Å². The molecule has 19 heavy (non-hydrogen) atoms. The summed E-state index contributed by atoms with van der Waals surface area (Å²) in [6.07, 6.45) is 3.55. The van der Waals surface area contributed by atoms with Crippen molar-refractivity contribution in [3.63, 3.8) is 0 Å². The highest BCUT2D eigenvalue weighted by Crippen LogP contribution is 2.30. The molecule has 102 valence electrons. The van der Waals surface area contributed by atoms with E-state index < -0.39 is 5.54 Å². The molecule has 0 saturated carbocycles. The van der Waals surface area contributed by atoms with Crippen LogP contribution in [0.4, 0.5) is 0 Å². The van der Waals surface area contributed by atoms with Gasteiger partial charge in [0.25, 0.3) is 0 Å². The molecule has 3 atom stereocenters. The van der Waals surface area contributed by atoms with Crippen molar-refractivity contribution in [2.45, 2.75) is 50.7 Å². The molecule has 0 amide bonds. The molecule has 0 spiro atoms. The number of likely N-dealkylation sites (tertiary alicyclic amines) is 1. The molecule has 0 aromatic heterocycles. The van der Waals surface area contributed by atoms with Crippen molar-refractivity contribution in [2.75, 3.05) is 6.54 Å². The number of hydrogen-bond donors (Lipinski definition) is 1. The van der Waals surface area contributed by atoms with Crippen LogP contribution in [0.1, 0.15) is 38.7 Å². The van der Waals surface area contributed by atoms with E-state index in [-0.39, 0.29) is 0 Å². The molecule has 2 rings (SSSR count). The summed E-state index contributed by atoms with van der Waals surface area (Å²) >= 11 is 0. The zero-order chi connectivity index (χ0) is 13.9. The van der Waals surface area contributed by atoms with Gasteiger partial charge >= 0.3 is 0 Å². The smallest absolute Gasteiger partial charge is 0.142 e. The highest BCUT2D eigenvalue weighted by Gasteiger charge is 2.37. The first kappa shape index (κ1) is 14.0. The average molecular weight is 257 g/mol. The standard InChI is InChI=1S/C16H23N3/c1-3-15-10-9-13(2)19(15)12-16(18,11-17)14-7-5-4-6-8-14/h4-8,13,15H,3,9-10,12,18H2,1-2H3. The third-order valence-corrected chi connectivity index (χ3v) is 4.34. The summed E-state index contributed by atoms with van der Waals surface area (Å²) < 4.78 is 0. The zero-order valence-corrected chi connectivity index (χ0v) is 11.8. The van der Waals surface area contributed by atoms with Gasteiger partial charge in [-0.3, -0.25) is 4.90 Å². The molecule has 0 aliphatic carbocycles. The molecule has 1 aromatic rings. The molecular weight excluding hydrogens is 234 g/mol. The minimum atomic E-state index is -0.909. The molecule has 1 aromatic carbocycles. The van der Waals surface area contributed by atoms with Crippen molar-refractivity contribution in [3.8, 4) is 6.07 Å². The minimum Gasteiger partial charge on any atom is -0.309 e. The third-order valence-electron chi connectivity index (χ3n) is 4.34. The number of nitrogens with zero attached hydrogens (tertiary/aromatic N) is 2. The maximum absolute atomic E-state index is 9.54. The Morgan fingerprint density at radius 3 is 2.63 bits per heavy atom. The second-order valence-corrected chi connectivity index (χ2v) is 5.61. The fraction of sp³-hybridized carbons (Fsp3) is 0.562. The SMILES string of the molecule is CCC1CCC(C)N1CC(N)(C#N)c1ccccc1. The van der Waals surface area contributed by atoms with Gasteiger partial charge in [0.05, 0.1) is 6.07 Å². The van der Waals surface area contributed by atoms with E-state index in [2.05, 4.69) is 24.8 Å². The molecule has 2 N–H and O–H groups in total. The molecule has 1 saturated heterocycles. The van der Waals surface area contributed by atoms with Crippen molar-refractivity contribution in [2.24, 2.45) is 5.73 Å². The quantitative estimate of drug-likeness (QED) is 0.902. The third kappa shape index (κ3) is 2.80. The van der Waals surface area contributed by atoms with Crippen molar-refractivity contribution < 1.29 is 0 Å². The molecule has 1 aliphatic rings. The first-order chi connectivity index (χ1) is 9.10. The van der Waals surface area contributed by atoms with E-state index in [1.807, 2.05) is 30.3 Å². The van der Waals surface area contributed by atoms with Crippen LogP contribution in [0.15, 0.2) is 30.3 Å². The van der Waals surface area contributed by atoms with Gasteiger partial charge in [-0.2, -0.15) is 5.26 Å². The molecular formula is C16H23N3. The minimum absolute atomic E-state index is 0.518. The van der Waals surface area contributed by atoms with Crippen molar-refractivity contribution in [1.29, 1.82) is 5.26 Å². The predicted molar refractivity (Wildman–Crippen MR) is 77.4 cm³/mol. The largest absolute Gasteiger partial charge is 0.309 e. The summed E-state index contributed by atoms with van der Waals surface area (Å²) in [5.41, 5.74) is 6.37. The summed E-state index contributed by atoms with van der Waals surface area (Å²) in [6, 6.07) is 13.1. The van der Waals surface area contributed by atoms with Crippen LogP contribution in [0.5, 0.6) is 0 Å². The fourth-order valence-corrected chi connectivity index (χ4v) is 3.06. The second-order valence-electron chi connectivity index (χ2n) is 5.61. The van der Waals surface area contributed by atoms with E-state index in [4.69, 9.17) is 5.73 Å². The molecule has 1 aliphatic heterocycles. The van der Waals surface area contributed by atoms with Gasteiger partial charge in [-0.1, -0.05) is 37.3 Å². The molecule has 1 heterocycles. The average Bonchev–Trinajstić information content (AvgIpc) is 2.80. The van der Waals surface area contributed by atoms with E-state index in [0.717, 1.165) is 12.0 Å². The Morgan fingerprint density at radius 1 is 1.37 bits per heavy atom. The Bertz CT molecular complexity index is 451. The Balaban J connectivity index is 2.22. The topological polar surface area (TPSA) is 53.0 Å². The highest BCUT2D eigenvalue weighted by molar-refractivity contribution is 5.31. The Kier molecular flexibility index (Phi) is 4.24. The van der Waals surface area contributed by atoms with Crippen LogP contribution in [0, 0.1) is 11.3 Å². The van der Waals surface area contributed by atoms with Crippen LogP contribution in [-0.4, -0.2) is 23.5 Å². The van der Waals surface area contributed by atoms with Crippen LogP contribution in [-0.2, 0) is 5.54 Å². The second kappa shape index (κ2) is 5.73. The number of nitrogens with two attached hydrogens (primary N) is 1. The Morgan fingerprint density at radius 2 is 2.05 bits per heavy atom. The maximum Gasteiger partial charge on any atom is 0.142 e. The van der Waals surface area contributed by atoms with Crippen LogP contribution in [0.3, 0.4) is 0 Å². The van der Waals surface area contributed by atoms with Crippen molar-refractivity contribution in [3.05, 3.63) is 35.9 Å². The number of benzene rings is 1. The zero-order valence-electron chi connectivity index (χ0n) is 11.8. The number of hydrogen-bond acceptors (Lipinski definition) is 3. The molecule has 0 bridgehead atoms. The monoisotopic (exact) mass is 257 g/mol.